The molecular formula is C2H2Br2FI. The molecule has 0 N–H and O–H groups in total. The van der Waals surface area contributed by atoms with E-state index in [1.807, 2.05) is 22.6 Å². The molecule has 0 saturated heterocycles. The van der Waals surface area contributed by atoms with Crippen LogP contribution in [0.15, 0.2) is 0 Å². The predicted octanol–water partition coefficient (Wildman–Crippen LogP) is 2.83. The minimum Gasteiger partial charge on any atom is -0.233 e. The van der Waals surface area contributed by atoms with Crippen LogP contribution < -0.4 is 0 Å². The van der Waals surface area contributed by atoms with Crippen LogP contribution in [0.5, 0.6) is 0 Å². The van der Waals surface area contributed by atoms with Gasteiger partial charge in [0.15, 0.2) is 5.08 Å². The van der Waals surface area contributed by atoms with Crippen molar-refractivity contribution in [3.63, 3.8) is 0 Å². The Kier molecular flexibility index (Phi) is 4.57. The maximum absolute atomic E-state index is 11.7. The van der Waals surface area contributed by atoms with E-state index in [1.165, 1.54) is 0 Å². The first-order valence-electron chi connectivity index (χ1n) is 1.21. The number of rotatable bonds is 1. The van der Waals surface area contributed by atoms with Crippen molar-refractivity contribution < 1.29 is 4.39 Å². The Hall–Kier alpha value is 1.62. The first kappa shape index (κ1) is 7.62. The van der Waals surface area contributed by atoms with Crippen LogP contribution in [0.2, 0.25) is 0 Å². The molecule has 0 aliphatic carbocycles. The Morgan fingerprint density at radius 1 is 1.50 bits per heavy atom. The molecule has 0 aromatic rings. The first-order chi connectivity index (χ1) is 2.64. The molecule has 0 rings (SSSR count). The minimum absolute atomic E-state index is 0.116. The average Bonchev–Trinajstić information content (AvgIpc) is 1.36. The molecule has 0 nitrogen and oxygen atoms in total. The normalized spacial score (nSPS) is 20.0. The summed E-state index contributed by atoms with van der Waals surface area (Å²) in [4.78, 5) is 0. The van der Waals surface area contributed by atoms with Crippen LogP contribution in [-0.4, -0.2) is 7.91 Å². The van der Waals surface area contributed by atoms with Crippen molar-refractivity contribution in [3.8, 4) is 0 Å². The molecule has 0 spiro atoms. The Bertz CT molecular complexity index is 32.5. The monoisotopic (exact) mass is 330 g/mol. The van der Waals surface area contributed by atoms with E-state index in [4.69, 9.17) is 0 Å². The summed E-state index contributed by atoms with van der Waals surface area (Å²) in [7, 11) is 0. The highest BCUT2D eigenvalue weighted by atomic mass is 127. The van der Waals surface area contributed by atoms with E-state index in [-0.39, 0.29) is 2.83 Å². The molecule has 0 radical (unpaired) electrons. The minimum atomic E-state index is -0.932. The fourth-order valence-electron chi connectivity index (χ4n) is 0. The average molecular weight is 330 g/mol. The van der Waals surface area contributed by atoms with E-state index < -0.39 is 5.08 Å². The largest absolute Gasteiger partial charge is 0.233 e. The van der Waals surface area contributed by atoms with Gasteiger partial charge in [0.1, 0.15) is 2.83 Å². The number of halogens is 4. The van der Waals surface area contributed by atoms with E-state index in [0.717, 1.165) is 0 Å². The van der Waals surface area contributed by atoms with Crippen molar-refractivity contribution in [1.29, 1.82) is 0 Å². The van der Waals surface area contributed by atoms with Crippen molar-refractivity contribution >= 4 is 54.5 Å². The summed E-state index contributed by atoms with van der Waals surface area (Å²) in [6.45, 7) is 0. The van der Waals surface area contributed by atoms with Gasteiger partial charge in [0.25, 0.3) is 0 Å². The lowest BCUT2D eigenvalue weighted by atomic mass is 10.9. The highest BCUT2D eigenvalue weighted by molar-refractivity contribution is 14.1. The molecule has 2 unspecified atom stereocenters. The fourth-order valence-corrected chi connectivity index (χ4v) is 0. The Balaban J connectivity index is 2.99. The molecule has 0 fully saturated rings. The maximum Gasteiger partial charge on any atom is 0.176 e. The van der Waals surface area contributed by atoms with Crippen molar-refractivity contribution in [2.24, 2.45) is 0 Å². The fraction of sp³-hybridized carbons (Fsp3) is 1.00. The van der Waals surface area contributed by atoms with Crippen LogP contribution in [0.4, 0.5) is 4.39 Å². The van der Waals surface area contributed by atoms with Crippen molar-refractivity contribution in [3.05, 3.63) is 0 Å². The molecule has 2 atom stereocenters. The number of hydrogen-bond acceptors (Lipinski definition) is 0. The van der Waals surface area contributed by atoms with Gasteiger partial charge in [0.2, 0.25) is 0 Å². The summed E-state index contributed by atoms with van der Waals surface area (Å²) in [5.74, 6) is 0. The lowest BCUT2D eigenvalue weighted by molar-refractivity contribution is 0.495. The summed E-state index contributed by atoms with van der Waals surface area (Å²) < 4.78 is 11.6. The molecule has 0 bridgehead atoms. The zero-order valence-electron chi connectivity index (χ0n) is 2.67. The third-order valence-corrected chi connectivity index (χ3v) is 3.51. The van der Waals surface area contributed by atoms with Crippen LogP contribution in [0.1, 0.15) is 0 Å². The molecule has 0 aliphatic rings. The third kappa shape index (κ3) is 3.80. The predicted molar refractivity (Wildman–Crippen MR) is 40.6 cm³/mol. The van der Waals surface area contributed by atoms with Gasteiger partial charge >= 0.3 is 0 Å². The molecule has 0 aliphatic heterocycles. The van der Waals surface area contributed by atoms with E-state index in [2.05, 4.69) is 31.9 Å². The van der Waals surface area contributed by atoms with Gasteiger partial charge in [-0.15, -0.1) is 0 Å². The summed E-state index contributed by atoms with van der Waals surface area (Å²) in [5.41, 5.74) is 0. The topological polar surface area (TPSA) is 0 Å². The molecular weight excluding hydrogens is 328 g/mol. The number of alkyl halides is 4. The van der Waals surface area contributed by atoms with Crippen molar-refractivity contribution in [2.75, 3.05) is 0 Å². The van der Waals surface area contributed by atoms with E-state index in [1.54, 1.807) is 0 Å². The van der Waals surface area contributed by atoms with Crippen molar-refractivity contribution in [1.82, 2.24) is 0 Å². The van der Waals surface area contributed by atoms with Gasteiger partial charge in [-0.05, 0) is 15.9 Å². The highest BCUT2D eigenvalue weighted by Gasteiger charge is 2.07. The highest BCUT2D eigenvalue weighted by Crippen LogP contribution is 2.20. The van der Waals surface area contributed by atoms with Gasteiger partial charge < -0.3 is 0 Å². The summed E-state index contributed by atoms with van der Waals surface area (Å²) in [6.07, 6.45) is 0. The van der Waals surface area contributed by atoms with Crippen LogP contribution in [-0.2, 0) is 0 Å². The molecule has 0 saturated carbocycles. The molecule has 0 aromatic heterocycles. The molecule has 0 amide bonds. The van der Waals surface area contributed by atoms with E-state index in [9.17, 15) is 4.39 Å². The Morgan fingerprint density at radius 2 is 1.67 bits per heavy atom. The molecule has 6 heavy (non-hydrogen) atoms. The Morgan fingerprint density at radius 3 is 1.67 bits per heavy atom. The van der Waals surface area contributed by atoms with Gasteiger partial charge in [0.05, 0.1) is 0 Å². The van der Waals surface area contributed by atoms with Crippen LogP contribution in [0.25, 0.3) is 0 Å². The third-order valence-electron chi connectivity index (χ3n) is 0.190. The second-order valence-corrected chi connectivity index (χ2v) is 5.58. The lowest BCUT2D eigenvalue weighted by Crippen LogP contribution is -1.95. The smallest absolute Gasteiger partial charge is 0.176 e. The van der Waals surface area contributed by atoms with Gasteiger partial charge in [-0.3, -0.25) is 0 Å². The SMILES string of the molecule is FC([79Br])C([79Br])I. The second-order valence-electron chi connectivity index (χ2n) is 0.669. The van der Waals surface area contributed by atoms with Gasteiger partial charge in [-0.1, -0.05) is 38.5 Å². The van der Waals surface area contributed by atoms with Gasteiger partial charge in [0, 0.05) is 0 Å². The summed E-state index contributed by atoms with van der Waals surface area (Å²) in [5, 5.41) is -0.932. The Labute approximate surface area is 66.3 Å². The van der Waals surface area contributed by atoms with Crippen LogP contribution in [0, 0.1) is 0 Å². The first-order valence-corrected chi connectivity index (χ1v) is 4.28. The van der Waals surface area contributed by atoms with Gasteiger partial charge in [-0.2, -0.15) is 0 Å². The molecule has 38 valence electrons. The lowest BCUT2D eigenvalue weighted by Gasteiger charge is -1.95. The molecule has 0 aromatic carbocycles. The van der Waals surface area contributed by atoms with Crippen molar-refractivity contribution in [2.45, 2.75) is 7.91 Å². The number of hydrogen-bond donors (Lipinski definition) is 0. The summed E-state index contributed by atoms with van der Waals surface area (Å²) >= 11 is 7.65. The van der Waals surface area contributed by atoms with Gasteiger partial charge in [-0.25, -0.2) is 4.39 Å². The van der Waals surface area contributed by atoms with Crippen LogP contribution in [0.3, 0.4) is 0 Å². The zero-order valence-corrected chi connectivity index (χ0v) is 8.00. The maximum atomic E-state index is 11.7. The summed E-state index contributed by atoms with van der Waals surface area (Å²) in [6, 6.07) is 0. The van der Waals surface area contributed by atoms with E-state index in [0.29, 0.717) is 0 Å². The van der Waals surface area contributed by atoms with E-state index >= 15 is 0 Å². The van der Waals surface area contributed by atoms with Crippen LogP contribution >= 0.6 is 54.5 Å². The second kappa shape index (κ2) is 3.60. The molecule has 4 heteroatoms. The standard InChI is InChI=1S/C2H2Br2FI/c3-1(5)2(4)6/h1-2H/i3-1,4-1. The quantitative estimate of drug-likeness (QED) is 0.512. The zero-order chi connectivity index (χ0) is 5.15. The molecule has 0 heterocycles.